The summed E-state index contributed by atoms with van der Waals surface area (Å²) in [5, 5.41) is 8.36. The minimum absolute atomic E-state index is 0.547. The Kier molecular flexibility index (Phi) is 5.51. The van der Waals surface area contributed by atoms with Gasteiger partial charge in [0.25, 0.3) is 5.41 Å². The molecule has 0 fully saturated rings. The molecule has 0 saturated heterocycles. The van der Waals surface area contributed by atoms with Gasteiger partial charge < -0.3 is 4.74 Å². The number of nitrogens with zero attached hydrogens (tertiary/aromatic N) is 1. The molecular weight excluding hydrogens is 392 g/mol. The third-order valence-electron chi connectivity index (χ3n) is 3.18. The first-order chi connectivity index (χ1) is 11.7. The van der Waals surface area contributed by atoms with Crippen LogP contribution in [0, 0.1) is 34.6 Å². The van der Waals surface area contributed by atoms with Crippen molar-refractivity contribution in [3.05, 3.63) is 34.4 Å². The minimum atomic E-state index is -6.81. The topological polar surface area (TPSA) is 50.1 Å². The highest BCUT2D eigenvalue weighted by atomic mass is 19.4. The van der Waals surface area contributed by atoms with Crippen molar-refractivity contribution in [2.24, 2.45) is 0 Å². The first kappa shape index (κ1) is 21.5. The van der Waals surface area contributed by atoms with Gasteiger partial charge in [0.1, 0.15) is 11.6 Å². The van der Waals surface area contributed by atoms with Crippen LogP contribution in [0.15, 0.2) is 0 Å². The molecule has 0 aromatic heterocycles. The molecule has 0 heterocycles. The van der Waals surface area contributed by atoms with Gasteiger partial charge in [0.05, 0.1) is 12.2 Å². The van der Waals surface area contributed by atoms with Crippen LogP contribution < -0.4 is 0 Å². The van der Waals surface area contributed by atoms with Gasteiger partial charge >= 0.3 is 18.3 Å². The van der Waals surface area contributed by atoms with E-state index in [0.717, 1.165) is 6.92 Å². The van der Waals surface area contributed by atoms with Gasteiger partial charge in [0, 0.05) is 0 Å². The quantitative estimate of drug-likeness (QED) is 0.440. The molecule has 3 nitrogen and oxygen atoms in total. The lowest BCUT2D eigenvalue weighted by molar-refractivity contribution is -0.300. The van der Waals surface area contributed by atoms with Gasteiger partial charge in [-0.25, -0.2) is 17.6 Å². The number of hydrogen-bond donors (Lipinski definition) is 0. The number of hydrogen-bond acceptors (Lipinski definition) is 3. The summed E-state index contributed by atoms with van der Waals surface area (Å²) in [6.45, 7) is -0.306. The van der Waals surface area contributed by atoms with Crippen molar-refractivity contribution in [1.82, 2.24) is 0 Å². The van der Waals surface area contributed by atoms with Crippen LogP contribution in [0.25, 0.3) is 0 Å². The van der Waals surface area contributed by atoms with E-state index >= 15 is 0 Å². The van der Waals surface area contributed by atoms with E-state index in [-0.39, 0.29) is 0 Å². The van der Waals surface area contributed by atoms with Gasteiger partial charge in [0.2, 0.25) is 0 Å². The second-order valence-corrected chi connectivity index (χ2v) is 4.58. The predicted octanol–water partition coefficient (Wildman–Crippen LogP) is 4.04. The Morgan fingerprint density at radius 3 is 1.58 bits per heavy atom. The maximum absolute atomic E-state index is 13.9. The Labute approximate surface area is 137 Å². The van der Waals surface area contributed by atoms with Gasteiger partial charge in [-0.15, -0.1) is 0 Å². The zero-order chi connectivity index (χ0) is 20.7. The predicted molar refractivity (Wildman–Crippen MR) is 61.4 cm³/mol. The SMILES string of the molecule is CCOC(=O)C(c1c(F)c(F)c(C#N)c(F)c1F)(C(F)(F)F)C(F)(F)F. The number of carbonyl (C=O) groups excluding carboxylic acids is 1. The van der Waals surface area contributed by atoms with E-state index in [9.17, 15) is 48.7 Å². The van der Waals surface area contributed by atoms with E-state index < -0.39 is 64.7 Å². The number of carbonyl (C=O) groups is 1. The molecule has 144 valence electrons. The maximum atomic E-state index is 13.9. The van der Waals surface area contributed by atoms with Crippen LogP contribution in [0.4, 0.5) is 43.9 Å². The van der Waals surface area contributed by atoms with E-state index in [0.29, 0.717) is 6.07 Å². The number of rotatable bonds is 3. The van der Waals surface area contributed by atoms with Gasteiger partial charge in [-0.3, -0.25) is 4.79 Å². The summed E-state index contributed by atoms with van der Waals surface area (Å²) in [6.07, 6.45) is -13.6. The highest BCUT2D eigenvalue weighted by molar-refractivity contribution is 5.86. The Morgan fingerprint density at radius 1 is 0.923 bits per heavy atom. The molecule has 0 unspecified atom stereocenters. The van der Waals surface area contributed by atoms with Crippen LogP contribution in [-0.2, 0) is 14.9 Å². The first-order valence-electron chi connectivity index (χ1n) is 6.27. The van der Waals surface area contributed by atoms with Crippen molar-refractivity contribution in [3.63, 3.8) is 0 Å². The van der Waals surface area contributed by atoms with Gasteiger partial charge in [-0.2, -0.15) is 31.6 Å². The lowest BCUT2D eigenvalue weighted by atomic mass is 9.77. The third-order valence-corrected chi connectivity index (χ3v) is 3.18. The van der Waals surface area contributed by atoms with Crippen LogP contribution >= 0.6 is 0 Å². The summed E-state index contributed by atoms with van der Waals surface area (Å²) in [4.78, 5) is 11.5. The molecule has 0 bridgehead atoms. The average Bonchev–Trinajstić information content (AvgIpc) is 2.47. The number of alkyl halides is 6. The standard InChI is InChI=1S/C13H5F10NO2/c1-2-26-10(25)11(12(18,19)20,13(21,22)23)5-8(16)6(14)4(3-24)7(15)9(5)17/h2H2,1H3. The van der Waals surface area contributed by atoms with Crippen molar-refractivity contribution in [2.75, 3.05) is 6.61 Å². The lowest BCUT2D eigenvalue weighted by Gasteiger charge is -2.35. The molecule has 1 aromatic carbocycles. The van der Waals surface area contributed by atoms with Crippen molar-refractivity contribution in [2.45, 2.75) is 24.7 Å². The fourth-order valence-electron chi connectivity index (χ4n) is 2.08. The second-order valence-electron chi connectivity index (χ2n) is 4.58. The molecule has 0 spiro atoms. The zero-order valence-corrected chi connectivity index (χ0v) is 12.3. The molecular formula is C13H5F10NO2. The molecule has 0 amide bonds. The molecule has 0 saturated carbocycles. The zero-order valence-electron chi connectivity index (χ0n) is 12.3. The summed E-state index contributed by atoms with van der Waals surface area (Å²) >= 11 is 0. The lowest BCUT2D eigenvalue weighted by Crippen LogP contribution is -2.61. The minimum Gasteiger partial charge on any atom is -0.465 e. The van der Waals surface area contributed by atoms with E-state index in [4.69, 9.17) is 5.26 Å². The number of ether oxygens (including phenoxy) is 1. The van der Waals surface area contributed by atoms with Gasteiger partial charge in [-0.05, 0) is 6.92 Å². The van der Waals surface area contributed by atoms with Crippen LogP contribution in [0.5, 0.6) is 0 Å². The average molecular weight is 397 g/mol. The largest absolute Gasteiger partial charge is 0.465 e. The molecule has 0 aliphatic carbocycles. The van der Waals surface area contributed by atoms with Crippen LogP contribution in [0.3, 0.4) is 0 Å². The Bertz CT molecular complexity index is 732. The molecule has 0 aliphatic heterocycles. The molecule has 0 aliphatic rings. The Hall–Kier alpha value is -2.52. The van der Waals surface area contributed by atoms with Crippen molar-refractivity contribution in [3.8, 4) is 6.07 Å². The van der Waals surface area contributed by atoms with Gasteiger partial charge in [0.15, 0.2) is 23.3 Å². The number of benzene rings is 1. The smallest absolute Gasteiger partial charge is 0.418 e. The number of halogens is 10. The Morgan fingerprint density at radius 2 is 1.31 bits per heavy atom. The van der Waals surface area contributed by atoms with Crippen molar-refractivity contribution in [1.29, 1.82) is 5.26 Å². The van der Waals surface area contributed by atoms with Crippen LogP contribution in [0.1, 0.15) is 18.1 Å². The van der Waals surface area contributed by atoms with E-state index in [2.05, 4.69) is 4.74 Å². The van der Waals surface area contributed by atoms with Crippen molar-refractivity contribution < 1.29 is 53.4 Å². The monoisotopic (exact) mass is 397 g/mol. The first-order valence-corrected chi connectivity index (χ1v) is 6.27. The molecule has 1 rings (SSSR count). The molecule has 1 aromatic rings. The fourth-order valence-corrected chi connectivity index (χ4v) is 2.08. The number of nitriles is 1. The van der Waals surface area contributed by atoms with E-state index in [1.54, 1.807) is 0 Å². The molecule has 26 heavy (non-hydrogen) atoms. The van der Waals surface area contributed by atoms with Crippen LogP contribution in [0.2, 0.25) is 0 Å². The summed E-state index contributed by atoms with van der Waals surface area (Å²) in [7, 11) is 0. The summed E-state index contributed by atoms with van der Waals surface area (Å²) in [5.74, 6) is -15.3. The van der Waals surface area contributed by atoms with E-state index in [1.165, 1.54) is 0 Å². The van der Waals surface area contributed by atoms with E-state index in [1.807, 2.05) is 0 Å². The molecule has 0 radical (unpaired) electrons. The fraction of sp³-hybridized carbons (Fsp3) is 0.385. The number of esters is 1. The highest BCUT2D eigenvalue weighted by Gasteiger charge is 2.79. The Balaban J connectivity index is 4.24. The molecule has 13 heteroatoms. The molecule has 0 atom stereocenters. The van der Waals surface area contributed by atoms with Crippen molar-refractivity contribution >= 4 is 5.97 Å². The summed E-state index contributed by atoms with van der Waals surface area (Å²) < 4.78 is 138. The molecule has 0 N–H and O–H groups in total. The highest BCUT2D eigenvalue weighted by Crippen LogP contribution is 2.54. The summed E-state index contributed by atoms with van der Waals surface area (Å²) in [6, 6.07) is 0.547. The maximum Gasteiger partial charge on any atom is 0.418 e. The second kappa shape index (κ2) is 6.65. The van der Waals surface area contributed by atoms with Crippen LogP contribution in [-0.4, -0.2) is 24.9 Å². The summed E-state index contributed by atoms with van der Waals surface area (Å²) in [5.41, 5.74) is -11.5. The third kappa shape index (κ3) is 2.82. The van der Waals surface area contributed by atoms with Gasteiger partial charge in [-0.1, -0.05) is 0 Å². The normalized spacial score (nSPS) is 12.7.